The van der Waals surface area contributed by atoms with E-state index in [9.17, 15) is 16.8 Å². The van der Waals surface area contributed by atoms with Crippen LogP contribution in [0.5, 0.6) is 0 Å². The Labute approximate surface area is 179 Å². The highest BCUT2D eigenvalue weighted by Gasteiger charge is 2.25. The number of sulfone groups is 1. The average Bonchev–Trinajstić information content (AvgIpc) is 3.37. The Kier molecular flexibility index (Phi) is 5.54. The molecule has 156 valence electrons. The maximum Gasteiger partial charge on any atom is 0.250 e. The monoisotopic (exact) mass is 460 g/mol. The predicted octanol–water partition coefficient (Wildman–Crippen LogP) is 3.97. The molecule has 1 atom stereocenters. The Morgan fingerprint density at radius 1 is 0.967 bits per heavy atom. The predicted molar refractivity (Wildman–Crippen MR) is 118 cm³/mol. The zero-order chi connectivity index (χ0) is 21.4. The lowest BCUT2D eigenvalue weighted by Crippen LogP contribution is -2.33. The highest BCUT2D eigenvalue weighted by molar-refractivity contribution is 7.93. The molecule has 4 aromatic rings. The second-order valence-corrected chi connectivity index (χ2v) is 11.8. The van der Waals surface area contributed by atoms with Gasteiger partial charge in [-0.1, -0.05) is 36.4 Å². The van der Waals surface area contributed by atoms with Gasteiger partial charge in [-0.05, 0) is 43.2 Å². The second kappa shape index (κ2) is 7.99. The van der Waals surface area contributed by atoms with Gasteiger partial charge in [0.15, 0.2) is 0 Å². The molecule has 0 radical (unpaired) electrons. The normalized spacial score (nSPS) is 13.5. The van der Waals surface area contributed by atoms with Gasteiger partial charge in [-0.15, -0.1) is 11.3 Å². The molecule has 0 aliphatic rings. The van der Waals surface area contributed by atoms with Gasteiger partial charge in [0, 0.05) is 28.5 Å². The number of aromatic nitrogens is 1. The molecule has 0 saturated heterocycles. The zero-order valence-electron chi connectivity index (χ0n) is 16.1. The SMILES string of the molecule is CC(Cc1c[nH]c2ccccc12)NS(=O)(=O)c1cc(S(=O)(=O)c2ccccc2)cs1. The third kappa shape index (κ3) is 4.06. The highest BCUT2D eigenvalue weighted by atomic mass is 32.2. The van der Waals surface area contributed by atoms with E-state index in [1.807, 2.05) is 30.5 Å². The number of fused-ring (bicyclic) bond motifs is 1. The summed E-state index contributed by atoms with van der Waals surface area (Å²) < 4.78 is 53.7. The molecule has 6 nitrogen and oxygen atoms in total. The Bertz CT molecular complexity index is 1390. The Morgan fingerprint density at radius 3 is 2.43 bits per heavy atom. The van der Waals surface area contributed by atoms with Gasteiger partial charge in [-0.25, -0.2) is 21.6 Å². The fraction of sp³-hybridized carbons (Fsp3) is 0.143. The topological polar surface area (TPSA) is 96.1 Å². The minimum atomic E-state index is -3.84. The number of thiophene rings is 1. The van der Waals surface area contributed by atoms with Crippen molar-refractivity contribution in [3.8, 4) is 0 Å². The van der Waals surface area contributed by atoms with E-state index in [1.165, 1.54) is 23.6 Å². The van der Waals surface area contributed by atoms with Crippen LogP contribution in [0.2, 0.25) is 0 Å². The van der Waals surface area contributed by atoms with Crippen molar-refractivity contribution in [1.29, 1.82) is 0 Å². The maximum atomic E-state index is 12.8. The van der Waals surface area contributed by atoms with Crippen LogP contribution in [0.15, 0.2) is 86.2 Å². The number of rotatable bonds is 7. The summed E-state index contributed by atoms with van der Waals surface area (Å²) in [6, 6.07) is 16.6. The van der Waals surface area contributed by atoms with Gasteiger partial charge < -0.3 is 4.98 Å². The summed E-state index contributed by atoms with van der Waals surface area (Å²) in [7, 11) is -7.60. The molecule has 0 saturated carbocycles. The molecule has 0 aliphatic carbocycles. The smallest absolute Gasteiger partial charge is 0.250 e. The number of benzene rings is 2. The van der Waals surface area contributed by atoms with Crippen molar-refractivity contribution in [2.24, 2.45) is 0 Å². The van der Waals surface area contributed by atoms with Crippen LogP contribution in [-0.2, 0) is 26.3 Å². The highest BCUT2D eigenvalue weighted by Crippen LogP contribution is 2.28. The van der Waals surface area contributed by atoms with Crippen LogP contribution in [-0.4, -0.2) is 27.9 Å². The summed E-state index contributed by atoms with van der Waals surface area (Å²) >= 11 is 0.895. The van der Waals surface area contributed by atoms with Gasteiger partial charge >= 0.3 is 0 Å². The molecule has 9 heteroatoms. The van der Waals surface area contributed by atoms with E-state index in [0.717, 1.165) is 27.8 Å². The van der Waals surface area contributed by atoms with Crippen molar-refractivity contribution >= 4 is 42.1 Å². The fourth-order valence-electron chi connectivity index (χ4n) is 3.31. The average molecular weight is 461 g/mol. The van der Waals surface area contributed by atoms with Crippen molar-refractivity contribution in [2.45, 2.75) is 33.4 Å². The molecule has 0 fully saturated rings. The lowest BCUT2D eigenvalue weighted by Gasteiger charge is -2.13. The van der Waals surface area contributed by atoms with E-state index in [0.29, 0.717) is 6.42 Å². The van der Waals surface area contributed by atoms with E-state index in [2.05, 4.69) is 9.71 Å². The Morgan fingerprint density at radius 2 is 1.67 bits per heavy atom. The van der Waals surface area contributed by atoms with E-state index in [-0.39, 0.29) is 20.0 Å². The van der Waals surface area contributed by atoms with Crippen LogP contribution in [0.25, 0.3) is 10.9 Å². The van der Waals surface area contributed by atoms with Crippen LogP contribution in [0, 0.1) is 0 Å². The number of hydrogen-bond donors (Lipinski definition) is 2. The number of nitrogens with one attached hydrogen (secondary N) is 2. The largest absolute Gasteiger partial charge is 0.361 e. The number of para-hydroxylation sites is 1. The first-order valence-corrected chi connectivity index (χ1v) is 13.1. The molecule has 2 heterocycles. The van der Waals surface area contributed by atoms with Crippen LogP contribution in [0.3, 0.4) is 0 Å². The van der Waals surface area contributed by atoms with E-state index in [4.69, 9.17) is 0 Å². The minimum absolute atomic E-state index is 0.0247. The van der Waals surface area contributed by atoms with Crippen molar-refractivity contribution < 1.29 is 16.8 Å². The molecule has 30 heavy (non-hydrogen) atoms. The molecule has 4 rings (SSSR count). The molecule has 0 bridgehead atoms. The van der Waals surface area contributed by atoms with Crippen molar-refractivity contribution in [3.63, 3.8) is 0 Å². The molecule has 1 unspecified atom stereocenters. The van der Waals surface area contributed by atoms with Crippen LogP contribution in [0.4, 0.5) is 0 Å². The minimum Gasteiger partial charge on any atom is -0.361 e. The van der Waals surface area contributed by atoms with Crippen molar-refractivity contribution in [2.75, 3.05) is 0 Å². The summed E-state index contributed by atoms with van der Waals surface area (Å²) in [6.07, 6.45) is 2.38. The third-order valence-electron chi connectivity index (χ3n) is 4.74. The molecule has 2 aromatic carbocycles. The Hall–Kier alpha value is -2.46. The van der Waals surface area contributed by atoms with Crippen LogP contribution in [0.1, 0.15) is 12.5 Å². The molecular weight excluding hydrogens is 440 g/mol. The lowest BCUT2D eigenvalue weighted by molar-refractivity contribution is 0.562. The first-order valence-electron chi connectivity index (χ1n) is 9.23. The summed E-state index contributed by atoms with van der Waals surface area (Å²) in [5.74, 6) is 0. The van der Waals surface area contributed by atoms with Crippen molar-refractivity contribution in [3.05, 3.63) is 77.8 Å². The van der Waals surface area contributed by atoms with Crippen LogP contribution >= 0.6 is 11.3 Å². The third-order valence-corrected chi connectivity index (χ3v) is 9.66. The Balaban J connectivity index is 1.53. The van der Waals surface area contributed by atoms with E-state index >= 15 is 0 Å². The molecule has 0 amide bonds. The summed E-state index contributed by atoms with van der Waals surface area (Å²) in [5, 5.41) is 2.41. The van der Waals surface area contributed by atoms with E-state index < -0.39 is 19.9 Å². The van der Waals surface area contributed by atoms with Gasteiger partial charge in [0.2, 0.25) is 19.9 Å². The lowest BCUT2D eigenvalue weighted by atomic mass is 10.1. The molecule has 0 aliphatic heterocycles. The quantitative estimate of drug-likeness (QED) is 0.436. The summed E-state index contributed by atoms with van der Waals surface area (Å²) in [5.41, 5.74) is 2.01. The van der Waals surface area contributed by atoms with Gasteiger partial charge in [0.25, 0.3) is 0 Å². The molecular formula is C21H20N2O4S3. The molecule has 2 aromatic heterocycles. The zero-order valence-corrected chi connectivity index (χ0v) is 18.5. The number of aromatic amines is 1. The van der Waals surface area contributed by atoms with Gasteiger partial charge in [-0.3, -0.25) is 0 Å². The fourth-order valence-corrected chi connectivity index (χ4v) is 7.48. The van der Waals surface area contributed by atoms with Gasteiger partial charge in [0.05, 0.1) is 9.79 Å². The van der Waals surface area contributed by atoms with Crippen LogP contribution < -0.4 is 4.72 Å². The number of H-pyrrole nitrogens is 1. The molecule has 2 N–H and O–H groups in total. The standard InChI is InChI=1S/C21H20N2O4S3/c1-15(11-16-13-22-20-10-6-5-9-19(16)20)23-30(26,27)21-12-18(14-28-21)29(24,25)17-7-3-2-4-8-17/h2-10,12-15,22-23H,11H2,1H3. The molecule has 0 spiro atoms. The first-order chi connectivity index (χ1) is 14.3. The summed E-state index contributed by atoms with van der Waals surface area (Å²) in [4.78, 5) is 3.29. The van der Waals surface area contributed by atoms with E-state index in [1.54, 1.807) is 25.1 Å². The second-order valence-electron chi connectivity index (χ2n) is 7.00. The van der Waals surface area contributed by atoms with Gasteiger partial charge in [-0.2, -0.15) is 0 Å². The van der Waals surface area contributed by atoms with Gasteiger partial charge in [0.1, 0.15) is 4.21 Å². The number of sulfonamides is 1. The first kappa shape index (κ1) is 20.8. The number of hydrogen-bond acceptors (Lipinski definition) is 5. The maximum absolute atomic E-state index is 12.8. The van der Waals surface area contributed by atoms with Crippen molar-refractivity contribution in [1.82, 2.24) is 9.71 Å². The summed E-state index contributed by atoms with van der Waals surface area (Å²) in [6.45, 7) is 1.79.